The first-order valence-corrected chi connectivity index (χ1v) is 12.0. The highest BCUT2D eigenvalue weighted by atomic mass is 35.5. The van der Waals surface area contributed by atoms with E-state index in [0.717, 1.165) is 0 Å². The molecule has 1 heterocycles. The number of benzene rings is 1. The van der Waals surface area contributed by atoms with Gasteiger partial charge in [-0.15, -0.1) is 11.3 Å². The molecule has 0 spiro atoms. The lowest BCUT2D eigenvalue weighted by atomic mass is 10.2. The molecule has 0 atom stereocenters. The largest absolute Gasteiger partial charge is 0.338 e. The van der Waals surface area contributed by atoms with E-state index in [0.29, 0.717) is 10.6 Å². The molecule has 5 nitrogen and oxygen atoms in total. The highest BCUT2D eigenvalue weighted by Gasteiger charge is 2.26. The van der Waals surface area contributed by atoms with Gasteiger partial charge in [-0.05, 0) is 51.3 Å². The molecule has 2 rings (SSSR count). The van der Waals surface area contributed by atoms with E-state index in [-0.39, 0.29) is 44.4 Å². The number of hydrogen-bond donors (Lipinski definition) is 1. The lowest BCUT2D eigenvalue weighted by Gasteiger charge is -2.30. The Morgan fingerprint density at radius 2 is 1.64 bits per heavy atom. The van der Waals surface area contributed by atoms with Gasteiger partial charge in [-0.25, -0.2) is 8.42 Å². The normalized spacial score (nSPS) is 11.9. The number of carbonyl (C=O) groups excluding carboxylic acids is 1. The summed E-state index contributed by atoms with van der Waals surface area (Å²) in [4.78, 5) is 14.9. The zero-order valence-corrected chi connectivity index (χ0v) is 19.7. The summed E-state index contributed by atoms with van der Waals surface area (Å²) in [6.07, 6.45) is 0.0912. The van der Waals surface area contributed by atoms with Crippen molar-refractivity contribution in [3.63, 3.8) is 0 Å². The first-order chi connectivity index (χ1) is 12.9. The Morgan fingerprint density at radius 3 is 2.14 bits per heavy atom. The van der Waals surface area contributed by atoms with Crippen molar-refractivity contribution < 1.29 is 13.2 Å². The second-order valence-corrected chi connectivity index (χ2v) is 10.6. The van der Waals surface area contributed by atoms with Crippen molar-refractivity contribution >= 4 is 67.8 Å². The van der Waals surface area contributed by atoms with Gasteiger partial charge in [0, 0.05) is 22.0 Å². The van der Waals surface area contributed by atoms with Crippen LogP contribution in [0, 0.1) is 0 Å². The van der Waals surface area contributed by atoms with Crippen molar-refractivity contribution in [3.05, 3.63) is 43.5 Å². The van der Waals surface area contributed by atoms with Gasteiger partial charge in [-0.3, -0.25) is 9.52 Å². The standard InChI is InChI=1S/C18H21Cl3N2O3S2/c1-10(2)23(11(3)4)17(24)9-16-15(5-6-27-16)22-28(25,26)18-13(20)7-12(19)8-14(18)21/h5-8,10-11,22H,9H2,1-4H3. The number of carbonyl (C=O) groups is 1. The van der Waals surface area contributed by atoms with E-state index in [1.54, 1.807) is 16.3 Å². The molecular weight excluding hydrogens is 463 g/mol. The number of halogens is 3. The summed E-state index contributed by atoms with van der Waals surface area (Å²) in [6, 6.07) is 4.31. The van der Waals surface area contributed by atoms with Gasteiger partial charge in [-0.1, -0.05) is 34.8 Å². The summed E-state index contributed by atoms with van der Waals surface area (Å²) >= 11 is 19.3. The van der Waals surface area contributed by atoms with Crippen LogP contribution in [0.15, 0.2) is 28.5 Å². The summed E-state index contributed by atoms with van der Waals surface area (Å²) in [5.41, 5.74) is 0.327. The number of nitrogens with zero attached hydrogens (tertiary/aromatic N) is 1. The highest BCUT2D eigenvalue weighted by molar-refractivity contribution is 7.93. The van der Waals surface area contributed by atoms with Gasteiger partial charge in [0.2, 0.25) is 5.91 Å². The number of nitrogens with one attached hydrogen (secondary N) is 1. The molecule has 0 unspecified atom stereocenters. The van der Waals surface area contributed by atoms with Gasteiger partial charge in [0.25, 0.3) is 10.0 Å². The third kappa shape index (κ3) is 5.33. The molecule has 1 aromatic carbocycles. The van der Waals surface area contributed by atoms with Gasteiger partial charge in [0.15, 0.2) is 0 Å². The van der Waals surface area contributed by atoms with Gasteiger partial charge in [-0.2, -0.15) is 0 Å². The van der Waals surface area contributed by atoms with Crippen LogP contribution in [0.25, 0.3) is 0 Å². The van der Waals surface area contributed by atoms with Crippen molar-refractivity contribution in [2.24, 2.45) is 0 Å². The van der Waals surface area contributed by atoms with E-state index in [1.807, 2.05) is 27.7 Å². The van der Waals surface area contributed by atoms with Gasteiger partial charge < -0.3 is 4.90 Å². The molecular formula is C18H21Cl3N2O3S2. The van der Waals surface area contributed by atoms with Crippen LogP contribution in [0.1, 0.15) is 32.6 Å². The van der Waals surface area contributed by atoms with Crippen LogP contribution in [-0.2, 0) is 21.2 Å². The quantitative estimate of drug-likeness (QED) is 0.549. The summed E-state index contributed by atoms with van der Waals surface area (Å²) in [7, 11) is -4.06. The number of anilines is 1. The minimum Gasteiger partial charge on any atom is -0.338 e. The second-order valence-electron chi connectivity index (χ2n) is 6.73. The molecule has 1 amide bonds. The summed E-state index contributed by atoms with van der Waals surface area (Å²) in [5.74, 6) is -0.0737. The fourth-order valence-corrected chi connectivity index (χ4v) is 6.48. The second kappa shape index (κ2) is 9.22. The van der Waals surface area contributed by atoms with Crippen LogP contribution in [0.4, 0.5) is 5.69 Å². The number of sulfonamides is 1. The van der Waals surface area contributed by atoms with Crippen molar-refractivity contribution in [2.75, 3.05) is 4.72 Å². The molecule has 28 heavy (non-hydrogen) atoms. The average molecular weight is 484 g/mol. The first kappa shape index (κ1) is 23.3. The molecule has 0 fully saturated rings. The third-order valence-electron chi connectivity index (χ3n) is 3.93. The van der Waals surface area contributed by atoms with Gasteiger partial charge in [0.1, 0.15) is 4.90 Å². The van der Waals surface area contributed by atoms with Crippen molar-refractivity contribution in [3.8, 4) is 0 Å². The predicted molar refractivity (Wildman–Crippen MR) is 117 cm³/mol. The van der Waals surface area contributed by atoms with Gasteiger partial charge in [0.05, 0.1) is 22.2 Å². The highest BCUT2D eigenvalue weighted by Crippen LogP contribution is 2.35. The topological polar surface area (TPSA) is 66.5 Å². The molecule has 2 aromatic rings. The number of thiophene rings is 1. The molecule has 0 aliphatic rings. The minimum absolute atomic E-state index is 0.0410. The maximum atomic E-state index is 12.8. The fraction of sp³-hybridized carbons (Fsp3) is 0.389. The van der Waals surface area contributed by atoms with E-state index in [2.05, 4.69) is 4.72 Å². The van der Waals surface area contributed by atoms with Crippen LogP contribution >= 0.6 is 46.1 Å². The summed E-state index contributed by atoms with van der Waals surface area (Å²) < 4.78 is 28.1. The van der Waals surface area contributed by atoms with E-state index >= 15 is 0 Å². The third-order valence-corrected chi connectivity index (χ3v) is 7.36. The Labute approximate surface area is 184 Å². The molecule has 0 radical (unpaired) electrons. The number of rotatable bonds is 7. The van der Waals surface area contributed by atoms with Crippen LogP contribution in [0.5, 0.6) is 0 Å². The molecule has 0 saturated carbocycles. The minimum atomic E-state index is -4.06. The van der Waals surface area contributed by atoms with Crippen LogP contribution < -0.4 is 4.72 Å². The molecule has 10 heteroatoms. The fourth-order valence-electron chi connectivity index (χ4n) is 2.95. The smallest absolute Gasteiger partial charge is 0.264 e. The Balaban J connectivity index is 2.31. The maximum absolute atomic E-state index is 12.8. The Morgan fingerprint density at radius 1 is 1.11 bits per heavy atom. The van der Waals surface area contributed by atoms with Gasteiger partial charge >= 0.3 is 0 Å². The summed E-state index contributed by atoms with van der Waals surface area (Å²) in [5, 5.41) is 1.80. The molecule has 154 valence electrons. The van der Waals surface area contributed by atoms with Crippen LogP contribution in [-0.4, -0.2) is 31.3 Å². The zero-order chi connectivity index (χ0) is 21.2. The summed E-state index contributed by atoms with van der Waals surface area (Å²) in [6.45, 7) is 7.78. The van der Waals surface area contributed by atoms with Crippen molar-refractivity contribution in [1.29, 1.82) is 0 Å². The van der Waals surface area contributed by atoms with E-state index in [4.69, 9.17) is 34.8 Å². The predicted octanol–water partition coefficient (Wildman–Crippen LogP) is 5.70. The maximum Gasteiger partial charge on any atom is 0.264 e. The average Bonchev–Trinajstić information content (AvgIpc) is 2.90. The molecule has 0 aliphatic carbocycles. The SMILES string of the molecule is CC(C)N(C(=O)Cc1sccc1NS(=O)(=O)c1c(Cl)cc(Cl)cc1Cl)C(C)C. The molecule has 1 N–H and O–H groups in total. The lowest BCUT2D eigenvalue weighted by molar-refractivity contribution is -0.133. The zero-order valence-electron chi connectivity index (χ0n) is 15.8. The molecule has 0 aliphatic heterocycles. The molecule has 0 bridgehead atoms. The Kier molecular flexibility index (Phi) is 7.67. The number of amides is 1. The van der Waals surface area contributed by atoms with Crippen molar-refractivity contribution in [1.82, 2.24) is 4.90 Å². The first-order valence-electron chi connectivity index (χ1n) is 8.49. The molecule has 1 aromatic heterocycles. The van der Waals surface area contributed by atoms with Crippen molar-refractivity contribution in [2.45, 2.75) is 51.1 Å². The Bertz CT molecular complexity index is 941. The van der Waals surface area contributed by atoms with E-state index in [1.165, 1.54) is 23.5 Å². The van der Waals surface area contributed by atoms with Crippen LogP contribution in [0.2, 0.25) is 15.1 Å². The van der Waals surface area contributed by atoms with E-state index < -0.39 is 10.0 Å². The number of hydrogen-bond acceptors (Lipinski definition) is 4. The monoisotopic (exact) mass is 482 g/mol. The van der Waals surface area contributed by atoms with E-state index in [9.17, 15) is 13.2 Å². The lowest BCUT2D eigenvalue weighted by Crippen LogP contribution is -2.42. The molecule has 0 saturated heterocycles. The van der Waals surface area contributed by atoms with Crippen LogP contribution in [0.3, 0.4) is 0 Å². The Hall–Kier alpha value is -0.990.